The molecule has 18 heavy (non-hydrogen) atoms. The summed E-state index contributed by atoms with van der Waals surface area (Å²) in [7, 11) is 2.11. The molecule has 0 radical (unpaired) electrons. The van der Waals surface area contributed by atoms with Gasteiger partial charge in [-0.2, -0.15) is 0 Å². The van der Waals surface area contributed by atoms with E-state index in [-0.39, 0.29) is 5.91 Å². The lowest BCUT2D eigenvalue weighted by atomic mass is 9.82. The predicted molar refractivity (Wildman–Crippen MR) is 71.3 cm³/mol. The summed E-state index contributed by atoms with van der Waals surface area (Å²) in [6.07, 6.45) is 7.22. The van der Waals surface area contributed by atoms with Crippen LogP contribution in [0.25, 0.3) is 0 Å². The SMILES string of the molecule is CN1CCC(NC(=O)CC2(O)CCCCC2)CC1. The highest BCUT2D eigenvalue weighted by molar-refractivity contribution is 5.77. The molecule has 1 heterocycles. The molecular formula is C14H26N2O2. The van der Waals surface area contributed by atoms with E-state index in [2.05, 4.69) is 17.3 Å². The maximum Gasteiger partial charge on any atom is 0.223 e. The van der Waals surface area contributed by atoms with Crippen molar-refractivity contribution in [1.82, 2.24) is 10.2 Å². The van der Waals surface area contributed by atoms with E-state index in [1.165, 1.54) is 6.42 Å². The number of hydrogen-bond acceptors (Lipinski definition) is 3. The van der Waals surface area contributed by atoms with E-state index in [0.29, 0.717) is 12.5 Å². The third-order valence-corrected chi connectivity index (χ3v) is 4.36. The second kappa shape index (κ2) is 6.02. The van der Waals surface area contributed by atoms with Gasteiger partial charge in [0.05, 0.1) is 12.0 Å². The number of nitrogens with one attached hydrogen (secondary N) is 1. The molecule has 0 aromatic heterocycles. The fourth-order valence-electron chi connectivity index (χ4n) is 3.12. The van der Waals surface area contributed by atoms with Crippen molar-refractivity contribution < 1.29 is 9.90 Å². The van der Waals surface area contributed by atoms with Crippen molar-refractivity contribution in [3.05, 3.63) is 0 Å². The van der Waals surface area contributed by atoms with Gasteiger partial charge in [-0.15, -0.1) is 0 Å². The van der Waals surface area contributed by atoms with Gasteiger partial charge in [0.15, 0.2) is 0 Å². The Morgan fingerprint density at radius 2 is 1.89 bits per heavy atom. The van der Waals surface area contributed by atoms with Crippen LogP contribution >= 0.6 is 0 Å². The number of likely N-dealkylation sites (tertiary alicyclic amines) is 1. The minimum absolute atomic E-state index is 0.0361. The molecule has 1 amide bonds. The largest absolute Gasteiger partial charge is 0.389 e. The Morgan fingerprint density at radius 1 is 1.28 bits per heavy atom. The number of hydrogen-bond donors (Lipinski definition) is 2. The average Bonchev–Trinajstić information content (AvgIpc) is 2.32. The van der Waals surface area contributed by atoms with E-state index in [0.717, 1.165) is 51.6 Å². The highest BCUT2D eigenvalue weighted by atomic mass is 16.3. The zero-order valence-electron chi connectivity index (χ0n) is 11.5. The van der Waals surface area contributed by atoms with E-state index in [1.54, 1.807) is 0 Å². The minimum Gasteiger partial charge on any atom is -0.389 e. The van der Waals surface area contributed by atoms with E-state index < -0.39 is 5.60 Å². The van der Waals surface area contributed by atoms with Gasteiger partial charge in [0, 0.05) is 6.04 Å². The van der Waals surface area contributed by atoms with Crippen molar-refractivity contribution in [2.75, 3.05) is 20.1 Å². The molecule has 0 spiro atoms. The third kappa shape index (κ3) is 3.95. The molecule has 1 saturated carbocycles. The van der Waals surface area contributed by atoms with Crippen molar-refractivity contribution in [1.29, 1.82) is 0 Å². The van der Waals surface area contributed by atoms with Crippen LogP contribution in [-0.4, -0.2) is 47.7 Å². The van der Waals surface area contributed by atoms with Gasteiger partial charge in [0.1, 0.15) is 0 Å². The number of nitrogens with zero attached hydrogens (tertiary/aromatic N) is 1. The van der Waals surface area contributed by atoms with Gasteiger partial charge in [-0.05, 0) is 45.8 Å². The quantitative estimate of drug-likeness (QED) is 0.798. The second-order valence-electron chi connectivity index (χ2n) is 6.11. The van der Waals surface area contributed by atoms with Gasteiger partial charge < -0.3 is 15.3 Å². The standard InChI is InChI=1S/C14H26N2O2/c1-16-9-5-12(6-10-16)15-13(17)11-14(18)7-3-2-4-8-14/h12,18H,2-11H2,1H3,(H,15,17). The maximum absolute atomic E-state index is 12.0. The summed E-state index contributed by atoms with van der Waals surface area (Å²) >= 11 is 0. The molecule has 2 N–H and O–H groups in total. The smallest absolute Gasteiger partial charge is 0.223 e. The first kappa shape index (κ1) is 13.8. The Bertz CT molecular complexity index is 280. The Labute approximate surface area is 110 Å². The molecule has 0 aromatic rings. The minimum atomic E-state index is -0.728. The van der Waals surface area contributed by atoms with Crippen LogP contribution in [0.3, 0.4) is 0 Å². The molecule has 2 rings (SSSR count). The van der Waals surface area contributed by atoms with Crippen molar-refractivity contribution in [2.45, 2.75) is 63.0 Å². The fraction of sp³-hybridized carbons (Fsp3) is 0.929. The molecule has 104 valence electrons. The van der Waals surface area contributed by atoms with Crippen LogP contribution in [0, 0.1) is 0 Å². The average molecular weight is 254 g/mol. The number of carbonyl (C=O) groups is 1. The van der Waals surface area contributed by atoms with Crippen LogP contribution in [-0.2, 0) is 4.79 Å². The van der Waals surface area contributed by atoms with Crippen molar-refractivity contribution in [3.8, 4) is 0 Å². The first-order valence-corrected chi connectivity index (χ1v) is 7.28. The molecule has 1 aliphatic carbocycles. The lowest BCUT2D eigenvalue weighted by Crippen LogP contribution is -2.46. The van der Waals surface area contributed by atoms with Crippen LogP contribution in [0.5, 0.6) is 0 Å². The molecule has 0 aromatic carbocycles. The molecular weight excluding hydrogens is 228 g/mol. The topological polar surface area (TPSA) is 52.6 Å². The monoisotopic (exact) mass is 254 g/mol. The zero-order valence-corrected chi connectivity index (χ0v) is 11.5. The van der Waals surface area contributed by atoms with E-state index in [1.807, 2.05) is 0 Å². The Hall–Kier alpha value is -0.610. The molecule has 4 heteroatoms. The number of rotatable bonds is 3. The number of amides is 1. The van der Waals surface area contributed by atoms with Crippen molar-refractivity contribution in [3.63, 3.8) is 0 Å². The predicted octanol–water partition coefficient (Wildman–Crippen LogP) is 1.28. The Kier molecular flexibility index (Phi) is 4.62. The lowest BCUT2D eigenvalue weighted by molar-refractivity contribution is -0.128. The highest BCUT2D eigenvalue weighted by Gasteiger charge is 2.32. The third-order valence-electron chi connectivity index (χ3n) is 4.36. The van der Waals surface area contributed by atoms with Crippen LogP contribution in [0.15, 0.2) is 0 Å². The van der Waals surface area contributed by atoms with Crippen molar-refractivity contribution >= 4 is 5.91 Å². The first-order valence-electron chi connectivity index (χ1n) is 7.28. The van der Waals surface area contributed by atoms with E-state index in [9.17, 15) is 9.90 Å². The lowest BCUT2D eigenvalue weighted by Gasteiger charge is -2.33. The first-order chi connectivity index (χ1) is 8.57. The molecule has 2 fully saturated rings. The molecule has 2 aliphatic rings. The normalized spacial score (nSPS) is 25.9. The number of piperidine rings is 1. The van der Waals surface area contributed by atoms with Crippen LogP contribution in [0.1, 0.15) is 51.4 Å². The van der Waals surface area contributed by atoms with Crippen molar-refractivity contribution in [2.24, 2.45) is 0 Å². The van der Waals surface area contributed by atoms with E-state index >= 15 is 0 Å². The zero-order chi connectivity index (χ0) is 13.0. The number of carbonyl (C=O) groups excluding carboxylic acids is 1. The van der Waals surface area contributed by atoms with Crippen LogP contribution in [0.2, 0.25) is 0 Å². The maximum atomic E-state index is 12.0. The van der Waals surface area contributed by atoms with Crippen LogP contribution in [0.4, 0.5) is 0 Å². The molecule has 4 nitrogen and oxygen atoms in total. The van der Waals surface area contributed by atoms with E-state index in [4.69, 9.17) is 0 Å². The highest BCUT2D eigenvalue weighted by Crippen LogP contribution is 2.30. The van der Waals surface area contributed by atoms with Crippen LogP contribution < -0.4 is 5.32 Å². The number of aliphatic hydroxyl groups is 1. The summed E-state index contributed by atoms with van der Waals surface area (Å²) in [4.78, 5) is 14.3. The summed E-state index contributed by atoms with van der Waals surface area (Å²) in [5, 5.41) is 13.4. The second-order valence-corrected chi connectivity index (χ2v) is 6.11. The van der Waals surface area contributed by atoms with Gasteiger partial charge in [-0.3, -0.25) is 4.79 Å². The summed E-state index contributed by atoms with van der Waals surface area (Å²) in [5.74, 6) is 0.0361. The summed E-state index contributed by atoms with van der Waals surface area (Å²) in [6.45, 7) is 2.10. The fourth-order valence-corrected chi connectivity index (χ4v) is 3.12. The molecule has 0 unspecified atom stereocenters. The Morgan fingerprint density at radius 3 is 2.50 bits per heavy atom. The van der Waals surface area contributed by atoms with Gasteiger partial charge in [0.25, 0.3) is 0 Å². The van der Waals surface area contributed by atoms with Gasteiger partial charge in [-0.1, -0.05) is 19.3 Å². The summed E-state index contributed by atoms with van der Waals surface area (Å²) in [6, 6.07) is 0.306. The molecule has 0 bridgehead atoms. The Balaban J connectivity index is 1.74. The molecule has 0 atom stereocenters. The van der Waals surface area contributed by atoms with Gasteiger partial charge >= 0.3 is 0 Å². The van der Waals surface area contributed by atoms with Gasteiger partial charge in [0.2, 0.25) is 5.91 Å². The summed E-state index contributed by atoms with van der Waals surface area (Å²) < 4.78 is 0. The molecule has 1 saturated heterocycles. The van der Waals surface area contributed by atoms with Gasteiger partial charge in [-0.25, -0.2) is 0 Å². The summed E-state index contributed by atoms with van der Waals surface area (Å²) in [5.41, 5.74) is -0.728. The molecule has 1 aliphatic heterocycles.